The van der Waals surface area contributed by atoms with E-state index in [1.165, 1.54) is 25.7 Å². The molecule has 0 nitrogen and oxygen atoms in total. The summed E-state index contributed by atoms with van der Waals surface area (Å²) in [5.41, 5.74) is 0. The van der Waals surface area contributed by atoms with Crippen LogP contribution >= 0.6 is 0 Å². The van der Waals surface area contributed by atoms with Gasteiger partial charge in [0.05, 0.1) is 0 Å². The van der Waals surface area contributed by atoms with Gasteiger partial charge in [-0.2, -0.15) is 0 Å². The predicted octanol–water partition coefficient (Wildman–Crippen LogP) is 3.91. The van der Waals surface area contributed by atoms with E-state index in [4.69, 9.17) is 0 Å². The molecule has 0 aromatic carbocycles. The van der Waals surface area contributed by atoms with E-state index in [2.05, 4.69) is 13.8 Å². The quantitative estimate of drug-likeness (QED) is 0.394. The first-order chi connectivity index (χ1) is 5.41. The molecule has 0 bridgehead atoms. The van der Waals surface area contributed by atoms with Crippen LogP contribution in [0.2, 0.25) is 5.04 Å². The van der Waals surface area contributed by atoms with Gasteiger partial charge in [0.2, 0.25) is 0 Å². The number of rotatable bonds is 8. The van der Waals surface area contributed by atoms with Crippen LogP contribution in [0.4, 0.5) is 0 Å². The van der Waals surface area contributed by atoms with Gasteiger partial charge in [-0.05, 0) is 0 Å². The van der Waals surface area contributed by atoms with E-state index in [0.29, 0.717) is 0 Å². The third kappa shape index (κ3) is 11.3. The van der Waals surface area contributed by atoms with Gasteiger partial charge in [-0.3, -0.25) is 0 Å². The Morgan fingerprint density at radius 1 is 0.727 bits per heavy atom. The first-order valence-electron chi connectivity index (χ1n) is 5.41. The van der Waals surface area contributed by atoms with Crippen LogP contribution in [-0.4, -0.2) is 33.8 Å². The summed E-state index contributed by atoms with van der Waals surface area (Å²) in [6.07, 6.45) is 8.86. The molecule has 0 aliphatic carbocycles. The first kappa shape index (κ1) is 12.3. The predicted molar refractivity (Wildman–Crippen MR) is 54.4 cm³/mol. The molecule has 0 radical (unpaired) electrons. The standard InChI is InChI=1S/2C5H11.Ca/c2*1-3-5-4-2;/h2*1,3-5H2,2H3;. The molecule has 1 heteroatoms. The van der Waals surface area contributed by atoms with Crippen LogP contribution < -0.4 is 0 Å². The fourth-order valence-electron chi connectivity index (χ4n) is 1.38. The molecule has 64 valence electrons. The van der Waals surface area contributed by atoms with Crippen molar-refractivity contribution in [3.8, 4) is 0 Å². The third-order valence-electron chi connectivity index (χ3n) is 2.21. The van der Waals surface area contributed by atoms with E-state index in [9.17, 15) is 0 Å². The zero-order valence-corrected chi connectivity index (χ0v) is 10.6. The summed E-state index contributed by atoms with van der Waals surface area (Å²) in [5.74, 6) is 0. The second-order valence-corrected chi connectivity index (χ2v) is 6.79. The molecule has 0 spiro atoms. The summed E-state index contributed by atoms with van der Waals surface area (Å²) in [6, 6.07) is 0. The first-order valence-corrected chi connectivity index (χ1v) is 8.54. The van der Waals surface area contributed by atoms with E-state index in [1.54, 1.807) is 17.9 Å². The van der Waals surface area contributed by atoms with Crippen LogP contribution in [0, 0.1) is 0 Å². The normalized spacial score (nSPS) is 9.64. The molecule has 0 N–H and O–H groups in total. The Morgan fingerprint density at radius 3 is 1.55 bits per heavy atom. The number of unbranched alkanes of at least 4 members (excludes halogenated alkanes) is 4. The molecule has 0 rings (SSSR count). The Kier molecular flexibility index (Phi) is 12.5. The molecule has 0 aromatic rings. The van der Waals surface area contributed by atoms with Gasteiger partial charge < -0.3 is 0 Å². The SMILES string of the molecule is CCCC[CH2][Ca][CH2]CCCC. The Balaban J connectivity index is 2.69. The topological polar surface area (TPSA) is 0 Å². The van der Waals surface area contributed by atoms with E-state index >= 15 is 0 Å². The van der Waals surface area contributed by atoms with Crippen molar-refractivity contribution in [2.24, 2.45) is 0 Å². The molecule has 0 aliphatic rings. The molecular formula is C10H22Ca. The van der Waals surface area contributed by atoms with E-state index in [1.807, 2.05) is 0 Å². The van der Waals surface area contributed by atoms with Crippen LogP contribution in [0.15, 0.2) is 0 Å². The molecule has 11 heavy (non-hydrogen) atoms. The molecule has 0 unspecified atom stereocenters. The van der Waals surface area contributed by atoms with E-state index in [-0.39, 0.29) is 33.8 Å². The van der Waals surface area contributed by atoms with Crippen LogP contribution in [0.3, 0.4) is 0 Å². The molecule has 0 aliphatic heterocycles. The Bertz CT molecular complexity index is 53.9. The Hall–Kier alpha value is 1.26. The van der Waals surface area contributed by atoms with Crippen LogP contribution in [0.1, 0.15) is 52.4 Å². The van der Waals surface area contributed by atoms with Crippen molar-refractivity contribution in [3.05, 3.63) is 0 Å². The van der Waals surface area contributed by atoms with Gasteiger partial charge >= 0.3 is 91.2 Å². The Morgan fingerprint density at radius 2 is 1.18 bits per heavy atom. The second kappa shape index (κ2) is 11.3. The monoisotopic (exact) mass is 182 g/mol. The molecule has 0 saturated carbocycles. The van der Waals surface area contributed by atoms with Gasteiger partial charge in [0.25, 0.3) is 0 Å². The molecule has 0 fully saturated rings. The zero-order chi connectivity index (χ0) is 8.36. The molecule has 0 atom stereocenters. The third-order valence-corrected chi connectivity index (χ3v) is 5.33. The van der Waals surface area contributed by atoms with Gasteiger partial charge in [0.1, 0.15) is 0 Å². The van der Waals surface area contributed by atoms with Crippen molar-refractivity contribution in [2.75, 3.05) is 0 Å². The summed E-state index contributed by atoms with van der Waals surface area (Å²) >= 11 is -0.0149. The molecule has 0 saturated heterocycles. The van der Waals surface area contributed by atoms with E-state index < -0.39 is 0 Å². The van der Waals surface area contributed by atoms with Crippen LogP contribution in [0.5, 0.6) is 0 Å². The molecule has 0 aromatic heterocycles. The van der Waals surface area contributed by atoms with Crippen molar-refractivity contribution in [2.45, 2.75) is 57.4 Å². The average Bonchev–Trinajstić information content (AvgIpc) is 2.03. The summed E-state index contributed by atoms with van der Waals surface area (Å²) < 4.78 is 3.31. The van der Waals surface area contributed by atoms with Gasteiger partial charge in [-0.1, -0.05) is 0 Å². The Labute approximate surface area is 90.4 Å². The molecule has 0 amide bonds. The van der Waals surface area contributed by atoms with Crippen molar-refractivity contribution in [1.82, 2.24) is 0 Å². The van der Waals surface area contributed by atoms with Crippen LogP contribution in [0.25, 0.3) is 0 Å². The minimum absolute atomic E-state index is 0.0149. The summed E-state index contributed by atoms with van der Waals surface area (Å²) in [7, 11) is 0. The number of hydrogen-bond donors (Lipinski definition) is 0. The van der Waals surface area contributed by atoms with Crippen molar-refractivity contribution in [3.63, 3.8) is 0 Å². The van der Waals surface area contributed by atoms with Gasteiger partial charge in [-0.25, -0.2) is 0 Å². The number of hydrogen-bond acceptors (Lipinski definition) is 0. The van der Waals surface area contributed by atoms with Crippen molar-refractivity contribution < 1.29 is 0 Å². The second-order valence-electron chi connectivity index (χ2n) is 3.47. The summed E-state index contributed by atoms with van der Waals surface area (Å²) in [4.78, 5) is 0. The average molecular weight is 182 g/mol. The van der Waals surface area contributed by atoms with E-state index in [0.717, 1.165) is 0 Å². The summed E-state index contributed by atoms with van der Waals surface area (Å²) in [5, 5.41) is 0. The maximum atomic E-state index is 2.30. The van der Waals surface area contributed by atoms with Crippen LogP contribution in [-0.2, 0) is 0 Å². The molecule has 0 heterocycles. The van der Waals surface area contributed by atoms with Gasteiger partial charge in [0.15, 0.2) is 0 Å². The minimum atomic E-state index is -0.0149. The van der Waals surface area contributed by atoms with Gasteiger partial charge in [-0.15, -0.1) is 0 Å². The fraction of sp³-hybridized carbons (Fsp3) is 1.00. The van der Waals surface area contributed by atoms with Crippen molar-refractivity contribution in [1.29, 1.82) is 0 Å². The fourth-order valence-corrected chi connectivity index (χ4v) is 4.14. The summed E-state index contributed by atoms with van der Waals surface area (Å²) in [6.45, 7) is 4.59. The van der Waals surface area contributed by atoms with Gasteiger partial charge in [0, 0.05) is 0 Å². The molecular weight excluding hydrogens is 160 g/mol. The maximum absolute atomic E-state index is 2.30. The van der Waals surface area contributed by atoms with Crippen molar-refractivity contribution >= 4 is 33.8 Å². The zero-order valence-electron chi connectivity index (χ0n) is 8.36.